The maximum Gasteiger partial charge on any atom is 0.0844 e. The van der Waals surface area contributed by atoms with E-state index in [4.69, 9.17) is 11.6 Å². The summed E-state index contributed by atoms with van der Waals surface area (Å²) >= 11 is 5.96. The highest BCUT2D eigenvalue weighted by Gasteiger charge is 2.35. The lowest BCUT2D eigenvalue weighted by Crippen LogP contribution is -2.28. The molecule has 0 aliphatic heterocycles. The van der Waals surface area contributed by atoms with Crippen molar-refractivity contribution in [3.8, 4) is 0 Å². The molecule has 1 nitrogen and oxygen atoms in total. The first-order valence-electron chi connectivity index (χ1n) is 6.05. The predicted molar refractivity (Wildman–Crippen MR) is 67.6 cm³/mol. The summed E-state index contributed by atoms with van der Waals surface area (Å²) in [6.07, 6.45) is 5.60. The first-order chi connectivity index (χ1) is 7.62. The Balaban J connectivity index is 2.20. The zero-order valence-electron chi connectivity index (χ0n) is 9.75. The standard InChI is InChI=1S/C14H19ClO/c1-14(8-3-2-4-9-14)13(16)11-6-5-7-12(15)10-11/h5-7,10,13,16H,2-4,8-9H2,1H3. The topological polar surface area (TPSA) is 20.2 Å². The van der Waals surface area contributed by atoms with Crippen molar-refractivity contribution in [2.45, 2.75) is 45.1 Å². The fourth-order valence-corrected chi connectivity index (χ4v) is 2.91. The molecule has 0 aromatic heterocycles. The van der Waals surface area contributed by atoms with Gasteiger partial charge in [-0.15, -0.1) is 0 Å². The Morgan fingerprint density at radius 2 is 1.94 bits per heavy atom. The van der Waals surface area contributed by atoms with Crippen LogP contribution in [0.3, 0.4) is 0 Å². The van der Waals surface area contributed by atoms with E-state index in [1.807, 2.05) is 24.3 Å². The Kier molecular flexibility index (Phi) is 3.56. The molecule has 0 bridgehead atoms. The fourth-order valence-electron chi connectivity index (χ4n) is 2.71. The lowest BCUT2D eigenvalue weighted by Gasteiger charge is -2.38. The van der Waals surface area contributed by atoms with Crippen LogP contribution in [0.1, 0.15) is 50.7 Å². The molecule has 2 rings (SSSR count). The molecule has 1 saturated carbocycles. The van der Waals surface area contributed by atoms with Crippen LogP contribution in [0.5, 0.6) is 0 Å². The van der Waals surface area contributed by atoms with Crippen LogP contribution in [0.2, 0.25) is 5.02 Å². The third-order valence-electron chi connectivity index (χ3n) is 3.82. The summed E-state index contributed by atoms with van der Waals surface area (Å²) in [5.74, 6) is 0. The van der Waals surface area contributed by atoms with Crippen LogP contribution in [0.4, 0.5) is 0 Å². The largest absolute Gasteiger partial charge is 0.388 e. The number of aliphatic hydroxyl groups is 1. The molecule has 0 saturated heterocycles. The molecule has 1 atom stereocenters. The highest BCUT2D eigenvalue weighted by atomic mass is 35.5. The Hall–Kier alpha value is -0.530. The zero-order valence-corrected chi connectivity index (χ0v) is 10.5. The molecule has 1 N–H and O–H groups in total. The number of hydrogen-bond donors (Lipinski definition) is 1. The second-order valence-corrected chi connectivity index (χ2v) is 5.61. The minimum Gasteiger partial charge on any atom is -0.388 e. The van der Waals surface area contributed by atoms with Crippen molar-refractivity contribution in [3.05, 3.63) is 34.9 Å². The van der Waals surface area contributed by atoms with E-state index in [2.05, 4.69) is 6.92 Å². The van der Waals surface area contributed by atoms with Crippen molar-refractivity contribution in [1.82, 2.24) is 0 Å². The van der Waals surface area contributed by atoms with Crippen molar-refractivity contribution < 1.29 is 5.11 Å². The maximum absolute atomic E-state index is 10.5. The molecule has 2 heteroatoms. The molecule has 0 amide bonds. The van der Waals surface area contributed by atoms with Gasteiger partial charge in [0.15, 0.2) is 0 Å². The van der Waals surface area contributed by atoms with E-state index in [1.54, 1.807) is 0 Å². The van der Waals surface area contributed by atoms with Crippen molar-refractivity contribution >= 4 is 11.6 Å². The zero-order chi connectivity index (χ0) is 11.6. The summed E-state index contributed by atoms with van der Waals surface area (Å²) in [6.45, 7) is 2.19. The molecule has 0 spiro atoms. The van der Waals surface area contributed by atoms with Gasteiger partial charge in [0.1, 0.15) is 0 Å². The molecule has 1 unspecified atom stereocenters. The molecule has 1 aromatic rings. The smallest absolute Gasteiger partial charge is 0.0844 e. The van der Waals surface area contributed by atoms with E-state index in [9.17, 15) is 5.11 Å². The van der Waals surface area contributed by atoms with Gasteiger partial charge in [0.2, 0.25) is 0 Å². The lowest BCUT2D eigenvalue weighted by molar-refractivity contribution is 0.00820. The molecular formula is C14H19ClO. The van der Waals surface area contributed by atoms with Gasteiger partial charge < -0.3 is 5.11 Å². The van der Waals surface area contributed by atoms with Gasteiger partial charge in [-0.3, -0.25) is 0 Å². The number of benzene rings is 1. The highest BCUT2D eigenvalue weighted by molar-refractivity contribution is 6.30. The monoisotopic (exact) mass is 238 g/mol. The summed E-state index contributed by atoms with van der Waals surface area (Å²) in [6, 6.07) is 7.61. The SMILES string of the molecule is CC1(C(O)c2cccc(Cl)c2)CCCCC1. The Labute approximate surface area is 102 Å². The molecule has 88 valence electrons. The Morgan fingerprint density at radius 3 is 2.56 bits per heavy atom. The number of halogens is 1. The third kappa shape index (κ3) is 2.41. The van der Waals surface area contributed by atoms with E-state index >= 15 is 0 Å². The van der Waals surface area contributed by atoms with E-state index < -0.39 is 0 Å². The minimum atomic E-state index is -0.383. The van der Waals surface area contributed by atoms with Crippen LogP contribution < -0.4 is 0 Å². The van der Waals surface area contributed by atoms with E-state index in [1.165, 1.54) is 19.3 Å². The summed E-state index contributed by atoms with van der Waals surface area (Å²) < 4.78 is 0. The molecule has 0 heterocycles. The van der Waals surface area contributed by atoms with Crippen LogP contribution in [0, 0.1) is 5.41 Å². The highest BCUT2D eigenvalue weighted by Crippen LogP contribution is 2.45. The van der Waals surface area contributed by atoms with Gasteiger partial charge in [0.05, 0.1) is 6.10 Å². The number of hydrogen-bond acceptors (Lipinski definition) is 1. The van der Waals surface area contributed by atoms with Gasteiger partial charge >= 0.3 is 0 Å². The van der Waals surface area contributed by atoms with Gasteiger partial charge in [0, 0.05) is 5.02 Å². The predicted octanol–water partition coefficient (Wildman–Crippen LogP) is 4.34. The third-order valence-corrected chi connectivity index (χ3v) is 4.06. The lowest BCUT2D eigenvalue weighted by atomic mass is 9.70. The Morgan fingerprint density at radius 1 is 1.25 bits per heavy atom. The van der Waals surface area contributed by atoms with Gasteiger partial charge in [-0.25, -0.2) is 0 Å². The van der Waals surface area contributed by atoms with Gasteiger partial charge in [0.25, 0.3) is 0 Å². The first kappa shape index (κ1) is 11.9. The quantitative estimate of drug-likeness (QED) is 0.813. The van der Waals surface area contributed by atoms with Crippen molar-refractivity contribution in [3.63, 3.8) is 0 Å². The molecule has 0 radical (unpaired) electrons. The molecule has 16 heavy (non-hydrogen) atoms. The summed E-state index contributed by atoms with van der Waals surface area (Å²) in [5, 5.41) is 11.2. The Bertz CT molecular complexity index is 356. The molecule has 1 aliphatic rings. The van der Waals surface area contributed by atoms with Gasteiger partial charge in [-0.2, -0.15) is 0 Å². The van der Waals surface area contributed by atoms with Gasteiger partial charge in [-0.05, 0) is 36.0 Å². The van der Waals surface area contributed by atoms with E-state index in [0.29, 0.717) is 5.02 Å². The van der Waals surface area contributed by atoms with Crippen molar-refractivity contribution in [2.75, 3.05) is 0 Å². The maximum atomic E-state index is 10.5. The second-order valence-electron chi connectivity index (χ2n) is 5.17. The summed E-state index contributed by atoms with van der Waals surface area (Å²) in [5.41, 5.74) is 0.986. The van der Waals surface area contributed by atoms with E-state index in [-0.39, 0.29) is 11.5 Å². The summed E-state index contributed by atoms with van der Waals surface area (Å²) in [7, 11) is 0. The summed E-state index contributed by atoms with van der Waals surface area (Å²) in [4.78, 5) is 0. The first-order valence-corrected chi connectivity index (χ1v) is 6.43. The minimum absolute atomic E-state index is 0.0307. The van der Waals surface area contributed by atoms with E-state index in [0.717, 1.165) is 18.4 Å². The van der Waals surface area contributed by atoms with Crippen LogP contribution >= 0.6 is 11.6 Å². The molecular weight excluding hydrogens is 220 g/mol. The number of aliphatic hydroxyl groups excluding tert-OH is 1. The van der Waals surface area contributed by atoms with Crippen molar-refractivity contribution in [1.29, 1.82) is 0 Å². The number of rotatable bonds is 2. The van der Waals surface area contributed by atoms with Crippen LogP contribution in [0.25, 0.3) is 0 Å². The normalized spacial score (nSPS) is 21.7. The van der Waals surface area contributed by atoms with Gasteiger partial charge in [-0.1, -0.05) is 49.9 Å². The fraction of sp³-hybridized carbons (Fsp3) is 0.571. The second kappa shape index (κ2) is 4.77. The molecule has 1 aromatic carbocycles. The van der Waals surface area contributed by atoms with Crippen LogP contribution in [-0.2, 0) is 0 Å². The average Bonchev–Trinajstić information content (AvgIpc) is 2.29. The molecule has 1 aliphatic carbocycles. The average molecular weight is 239 g/mol. The van der Waals surface area contributed by atoms with Crippen LogP contribution in [0.15, 0.2) is 24.3 Å². The van der Waals surface area contributed by atoms with Crippen molar-refractivity contribution in [2.24, 2.45) is 5.41 Å². The van der Waals surface area contributed by atoms with Crippen LogP contribution in [-0.4, -0.2) is 5.11 Å². The molecule has 1 fully saturated rings.